The van der Waals surface area contributed by atoms with Crippen LogP contribution < -0.4 is 5.73 Å². The van der Waals surface area contributed by atoms with Crippen molar-refractivity contribution in [3.05, 3.63) is 24.4 Å². The Morgan fingerprint density at radius 2 is 2.56 bits per heavy atom. The average Bonchev–Trinajstić information content (AvgIpc) is 2.69. The Bertz CT molecular complexity index is 361. The third-order valence-corrected chi connectivity index (χ3v) is 2.10. The summed E-state index contributed by atoms with van der Waals surface area (Å²) in [5.74, 6) is 0.0969. The second kappa shape index (κ2) is 5.92. The first-order chi connectivity index (χ1) is 7.70. The minimum atomic E-state index is -0.178. The number of rotatable bonds is 6. The Morgan fingerprint density at radius 1 is 1.81 bits per heavy atom. The molecule has 6 heteroatoms. The number of nitrogens with two attached hydrogens (primary N) is 1. The van der Waals surface area contributed by atoms with Crippen LogP contribution in [0.25, 0.3) is 0 Å². The van der Waals surface area contributed by atoms with Gasteiger partial charge < -0.3 is 15.4 Å². The van der Waals surface area contributed by atoms with E-state index in [1.54, 1.807) is 18.1 Å². The molecule has 1 rings (SSSR count). The second-order valence-corrected chi connectivity index (χ2v) is 3.23. The van der Waals surface area contributed by atoms with Crippen molar-refractivity contribution >= 4 is 11.7 Å². The van der Waals surface area contributed by atoms with Crippen molar-refractivity contribution in [3.63, 3.8) is 0 Å². The van der Waals surface area contributed by atoms with Crippen LogP contribution in [0.3, 0.4) is 0 Å². The van der Waals surface area contributed by atoms with Crippen LogP contribution in [0.5, 0.6) is 0 Å². The molecular formula is C10H16N4O2. The van der Waals surface area contributed by atoms with E-state index in [4.69, 9.17) is 10.5 Å². The van der Waals surface area contributed by atoms with Gasteiger partial charge in [0.05, 0.1) is 12.8 Å². The van der Waals surface area contributed by atoms with Crippen LogP contribution in [0.1, 0.15) is 10.4 Å². The molecule has 0 unspecified atom stereocenters. The van der Waals surface area contributed by atoms with E-state index >= 15 is 0 Å². The molecule has 0 aliphatic rings. The Labute approximate surface area is 94.1 Å². The van der Waals surface area contributed by atoms with Crippen LogP contribution in [0.4, 0.5) is 5.82 Å². The fraction of sp³-hybridized carbons (Fsp3) is 0.400. The summed E-state index contributed by atoms with van der Waals surface area (Å²) in [5.41, 5.74) is 5.95. The summed E-state index contributed by atoms with van der Waals surface area (Å²) in [6, 6.07) is 0. The second-order valence-electron chi connectivity index (χ2n) is 3.23. The lowest BCUT2D eigenvalue weighted by Gasteiger charge is -2.20. The number of methoxy groups -OCH3 is 1. The number of carbonyl (C=O) groups excluding carboxylic acids is 1. The van der Waals surface area contributed by atoms with Gasteiger partial charge in [0.25, 0.3) is 5.91 Å². The zero-order valence-electron chi connectivity index (χ0n) is 9.27. The van der Waals surface area contributed by atoms with Crippen LogP contribution in [-0.4, -0.2) is 47.8 Å². The number of H-pyrrole nitrogens is 1. The maximum Gasteiger partial charge on any atom is 0.259 e. The summed E-state index contributed by atoms with van der Waals surface area (Å²) >= 11 is 0. The molecule has 3 N–H and O–H groups in total. The van der Waals surface area contributed by atoms with Gasteiger partial charge in [-0.2, -0.15) is 5.10 Å². The first-order valence-corrected chi connectivity index (χ1v) is 4.88. The predicted molar refractivity (Wildman–Crippen MR) is 61.0 cm³/mol. The molecule has 0 spiro atoms. The van der Waals surface area contributed by atoms with Crippen LogP contribution in [0.15, 0.2) is 18.9 Å². The monoisotopic (exact) mass is 224 g/mol. The van der Waals surface area contributed by atoms with Gasteiger partial charge in [0.1, 0.15) is 11.4 Å². The van der Waals surface area contributed by atoms with Crippen molar-refractivity contribution in [1.29, 1.82) is 0 Å². The maximum atomic E-state index is 12.0. The molecular weight excluding hydrogens is 208 g/mol. The van der Waals surface area contributed by atoms with Gasteiger partial charge in [0, 0.05) is 20.2 Å². The zero-order chi connectivity index (χ0) is 12.0. The number of carbonyl (C=O) groups is 1. The molecule has 0 aliphatic heterocycles. The highest BCUT2D eigenvalue weighted by Gasteiger charge is 2.18. The van der Waals surface area contributed by atoms with E-state index < -0.39 is 0 Å². The molecule has 88 valence electrons. The number of nitrogen functional groups attached to an aromatic ring is 1. The first-order valence-electron chi connectivity index (χ1n) is 4.88. The van der Waals surface area contributed by atoms with Crippen molar-refractivity contribution in [3.8, 4) is 0 Å². The summed E-state index contributed by atoms with van der Waals surface area (Å²) in [6.45, 7) is 5.02. The average molecular weight is 224 g/mol. The highest BCUT2D eigenvalue weighted by Crippen LogP contribution is 2.09. The smallest absolute Gasteiger partial charge is 0.259 e. The molecule has 6 nitrogen and oxygen atoms in total. The van der Waals surface area contributed by atoms with Crippen LogP contribution in [0, 0.1) is 0 Å². The molecule has 16 heavy (non-hydrogen) atoms. The number of hydrogen-bond acceptors (Lipinski definition) is 4. The van der Waals surface area contributed by atoms with Crippen molar-refractivity contribution < 1.29 is 9.53 Å². The molecule has 1 aromatic heterocycles. The van der Waals surface area contributed by atoms with E-state index in [9.17, 15) is 4.79 Å². The minimum Gasteiger partial charge on any atom is -0.383 e. The van der Waals surface area contributed by atoms with Crippen LogP contribution in [0.2, 0.25) is 0 Å². The topological polar surface area (TPSA) is 84.2 Å². The molecule has 1 amide bonds. The molecule has 0 aromatic carbocycles. The van der Waals surface area contributed by atoms with Crippen molar-refractivity contribution in [2.75, 3.05) is 32.5 Å². The molecule has 0 saturated carbocycles. The van der Waals surface area contributed by atoms with Gasteiger partial charge in [-0.05, 0) is 0 Å². The SMILES string of the molecule is C=CCN(CCOC)C(=O)c1cn[nH]c1N. The van der Waals surface area contributed by atoms with E-state index in [-0.39, 0.29) is 11.7 Å². The number of ether oxygens (including phenoxy) is 1. The Balaban J connectivity index is 2.74. The quantitative estimate of drug-likeness (QED) is 0.679. The van der Waals surface area contributed by atoms with Gasteiger partial charge in [0.2, 0.25) is 0 Å². The molecule has 0 radical (unpaired) electrons. The summed E-state index contributed by atoms with van der Waals surface area (Å²) in [4.78, 5) is 13.6. The fourth-order valence-corrected chi connectivity index (χ4v) is 1.27. The number of amides is 1. The molecule has 0 saturated heterocycles. The molecule has 0 aliphatic carbocycles. The van der Waals surface area contributed by atoms with Crippen molar-refractivity contribution in [1.82, 2.24) is 15.1 Å². The third kappa shape index (κ3) is 2.83. The van der Waals surface area contributed by atoms with E-state index in [2.05, 4.69) is 16.8 Å². The van der Waals surface area contributed by atoms with Crippen LogP contribution >= 0.6 is 0 Å². The van der Waals surface area contributed by atoms with Gasteiger partial charge in [0.15, 0.2) is 0 Å². The number of aromatic nitrogens is 2. The Kier molecular flexibility index (Phi) is 4.53. The van der Waals surface area contributed by atoms with E-state index in [1.807, 2.05) is 0 Å². The van der Waals surface area contributed by atoms with E-state index in [1.165, 1.54) is 6.20 Å². The zero-order valence-corrected chi connectivity index (χ0v) is 9.27. The Hall–Kier alpha value is -1.82. The normalized spacial score (nSPS) is 10.1. The fourth-order valence-electron chi connectivity index (χ4n) is 1.27. The highest BCUT2D eigenvalue weighted by atomic mass is 16.5. The lowest BCUT2D eigenvalue weighted by Crippen LogP contribution is -2.34. The summed E-state index contributed by atoms with van der Waals surface area (Å²) in [5, 5.41) is 6.24. The third-order valence-electron chi connectivity index (χ3n) is 2.10. The molecule has 0 fully saturated rings. The van der Waals surface area contributed by atoms with Gasteiger partial charge in [-0.1, -0.05) is 6.08 Å². The predicted octanol–water partition coefficient (Wildman–Crippen LogP) is 0.266. The molecule has 1 heterocycles. The summed E-state index contributed by atoms with van der Waals surface area (Å²) in [7, 11) is 1.59. The number of nitrogens with zero attached hydrogens (tertiary/aromatic N) is 2. The highest BCUT2D eigenvalue weighted by molar-refractivity contribution is 5.98. The summed E-state index contributed by atoms with van der Waals surface area (Å²) < 4.78 is 4.93. The molecule has 0 atom stereocenters. The van der Waals surface area contributed by atoms with E-state index in [0.29, 0.717) is 25.3 Å². The standard InChI is InChI=1S/C10H16N4O2/c1-3-4-14(5-6-16-2)10(15)8-7-12-13-9(8)11/h3,7H,1,4-6H2,2H3,(H3,11,12,13). The van der Waals surface area contributed by atoms with E-state index in [0.717, 1.165) is 0 Å². The Morgan fingerprint density at radius 3 is 3.06 bits per heavy atom. The maximum absolute atomic E-state index is 12.0. The number of nitrogens with one attached hydrogen (secondary N) is 1. The van der Waals surface area contributed by atoms with Gasteiger partial charge in [-0.15, -0.1) is 6.58 Å². The lowest BCUT2D eigenvalue weighted by molar-refractivity contribution is 0.0719. The number of hydrogen-bond donors (Lipinski definition) is 2. The van der Waals surface area contributed by atoms with Crippen molar-refractivity contribution in [2.24, 2.45) is 0 Å². The van der Waals surface area contributed by atoms with Crippen LogP contribution in [-0.2, 0) is 4.74 Å². The van der Waals surface area contributed by atoms with Gasteiger partial charge >= 0.3 is 0 Å². The molecule has 1 aromatic rings. The lowest BCUT2D eigenvalue weighted by atomic mass is 10.2. The van der Waals surface area contributed by atoms with Gasteiger partial charge in [-0.3, -0.25) is 9.89 Å². The number of aromatic amines is 1. The van der Waals surface area contributed by atoms with Crippen molar-refractivity contribution in [2.45, 2.75) is 0 Å². The molecule has 0 bridgehead atoms. The first kappa shape index (κ1) is 12.3. The number of anilines is 1. The minimum absolute atomic E-state index is 0.178. The van der Waals surface area contributed by atoms with Gasteiger partial charge in [-0.25, -0.2) is 0 Å². The largest absolute Gasteiger partial charge is 0.383 e. The summed E-state index contributed by atoms with van der Waals surface area (Å²) in [6.07, 6.45) is 3.07.